The van der Waals surface area contributed by atoms with Crippen molar-refractivity contribution in [1.82, 2.24) is 0 Å². The highest BCUT2D eigenvalue weighted by molar-refractivity contribution is 6.30. The van der Waals surface area contributed by atoms with Crippen LogP contribution in [0.4, 0.5) is 5.69 Å². The summed E-state index contributed by atoms with van der Waals surface area (Å²) in [5, 5.41) is 12.9. The molecule has 0 aromatic heterocycles. The lowest BCUT2D eigenvalue weighted by Gasteiger charge is -2.07. The van der Waals surface area contributed by atoms with Gasteiger partial charge in [0.1, 0.15) is 0 Å². The number of carbonyl (C=O) groups excluding carboxylic acids is 2. The van der Waals surface area contributed by atoms with Crippen LogP contribution in [0.2, 0.25) is 5.02 Å². The van der Waals surface area contributed by atoms with Crippen molar-refractivity contribution in [1.29, 1.82) is 0 Å². The van der Waals surface area contributed by atoms with Gasteiger partial charge in [0.25, 0.3) is 5.91 Å². The van der Waals surface area contributed by atoms with E-state index in [1.54, 1.807) is 66.7 Å². The first-order valence-corrected chi connectivity index (χ1v) is 9.10. The number of phenols is 1. The summed E-state index contributed by atoms with van der Waals surface area (Å²) >= 11 is 5.84. The first-order chi connectivity index (χ1) is 14.0. The molecule has 0 spiro atoms. The SMILES string of the molecule is COc1cc(C=CC(=O)c2cccc(NC(=O)c3ccc(Cl)cc3)c2)ccc1O. The zero-order valence-electron chi connectivity index (χ0n) is 15.6. The van der Waals surface area contributed by atoms with Crippen LogP contribution in [0, 0.1) is 0 Å². The van der Waals surface area contributed by atoms with Crippen molar-refractivity contribution in [2.24, 2.45) is 0 Å². The van der Waals surface area contributed by atoms with Crippen LogP contribution in [-0.2, 0) is 0 Å². The van der Waals surface area contributed by atoms with Crippen molar-refractivity contribution >= 4 is 35.1 Å². The number of hydrogen-bond acceptors (Lipinski definition) is 4. The molecule has 0 radical (unpaired) electrons. The van der Waals surface area contributed by atoms with Gasteiger partial charge in [0.15, 0.2) is 17.3 Å². The summed E-state index contributed by atoms with van der Waals surface area (Å²) in [5.41, 5.74) is 2.11. The molecule has 5 nitrogen and oxygen atoms in total. The van der Waals surface area contributed by atoms with E-state index in [2.05, 4.69) is 5.32 Å². The summed E-state index contributed by atoms with van der Waals surface area (Å²) in [6.45, 7) is 0. The van der Waals surface area contributed by atoms with E-state index in [-0.39, 0.29) is 17.4 Å². The van der Waals surface area contributed by atoms with E-state index in [1.165, 1.54) is 19.3 Å². The van der Waals surface area contributed by atoms with E-state index in [0.717, 1.165) is 0 Å². The lowest BCUT2D eigenvalue weighted by atomic mass is 10.1. The molecule has 29 heavy (non-hydrogen) atoms. The third-order valence-electron chi connectivity index (χ3n) is 4.14. The molecule has 0 aliphatic carbocycles. The lowest BCUT2D eigenvalue weighted by Crippen LogP contribution is -2.12. The molecule has 0 unspecified atom stereocenters. The highest BCUT2D eigenvalue weighted by Gasteiger charge is 2.08. The quantitative estimate of drug-likeness (QED) is 0.435. The van der Waals surface area contributed by atoms with Gasteiger partial charge in [0.2, 0.25) is 0 Å². The minimum Gasteiger partial charge on any atom is -0.504 e. The Balaban J connectivity index is 1.72. The number of amides is 1. The minimum absolute atomic E-state index is 0.0279. The molecule has 1 amide bonds. The van der Waals surface area contributed by atoms with Gasteiger partial charge in [0.05, 0.1) is 7.11 Å². The second kappa shape index (κ2) is 9.08. The molecule has 2 N–H and O–H groups in total. The molecule has 0 aliphatic rings. The molecule has 0 heterocycles. The topological polar surface area (TPSA) is 75.6 Å². The van der Waals surface area contributed by atoms with Crippen LogP contribution in [0.3, 0.4) is 0 Å². The van der Waals surface area contributed by atoms with Gasteiger partial charge in [-0.15, -0.1) is 0 Å². The molecule has 3 aromatic carbocycles. The zero-order chi connectivity index (χ0) is 20.8. The Morgan fingerprint density at radius 3 is 2.48 bits per heavy atom. The van der Waals surface area contributed by atoms with Gasteiger partial charge in [-0.2, -0.15) is 0 Å². The smallest absolute Gasteiger partial charge is 0.255 e. The molecule has 0 saturated carbocycles. The van der Waals surface area contributed by atoms with E-state index in [9.17, 15) is 14.7 Å². The summed E-state index contributed by atoms with van der Waals surface area (Å²) in [4.78, 5) is 24.8. The monoisotopic (exact) mass is 407 g/mol. The van der Waals surface area contributed by atoms with Gasteiger partial charge in [0, 0.05) is 21.8 Å². The number of rotatable bonds is 6. The Kier molecular flexibility index (Phi) is 6.32. The molecule has 0 bridgehead atoms. The van der Waals surface area contributed by atoms with Crippen LogP contribution in [0.1, 0.15) is 26.3 Å². The number of hydrogen-bond donors (Lipinski definition) is 2. The van der Waals surface area contributed by atoms with Crippen LogP contribution in [0.15, 0.2) is 72.8 Å². The van der Waals surface area contributed by atoms with Crippen LogP contribution in [0.25, 0.3) is 6.08 Å². The van der Waals surface area contributed by atoms with Crippen molar-refractivity contribution in [3.63, 3.8) is 0 Å². The molecule has 0 saturated heterocycles. The first kappa shape index (κ1) is 20.2. The Morgan fingerprint density at radius 1 is 1.00 bits per heavy atom. The fourth-order valence-corrected chi connectivity index (χ4v) is 2.75. The van der Waals surface area contributed by atoms with Gasteiger partial charge in [-0.25, -0.2) is 0 Å². The standard InChI is InChI=1S/C23H18ClNO4/c1-29-22-13-15(6-12-21(22)27)5-11-20(26)17-3-2-4-19(14-17)25-23(28)16-7-9-18(24)10-8-16/h2-14,27H,1H3,(H,25,28). The van der Waals surface area contributed by atoms with Crippen LogP contribution < -0.4 is 10.1 Å². The van der Waals surface area contributed by atoms with E-state index in [1.807, 2.05) is 0 Å². The number of aromatic hydroxyl groups is 1. The Labute approximate surface area is 173 Å². The normalized spacial score (nSPS) is 10.7. The highest BCUT2D eigenvalue weighted by Crippen LogP contribution is 2.26. The Morgan fingerprint density at radius 2 is 1.76 bits per heavy atom. The fourth-order valence-electron chi connectivity index (χ4n) is 2.62. The lowest BCUT2D eigenvalue weighted by molar-refractivity contribution is 0.102. The molecule has 0 atom stereocenters. The second-order valence-electron chi connectivity index (χ2n) is 6.17. The minimum atomic E-state index is -0.294. The number of allylic oxidation sites excluding steroid dienone is 1. The Hall–Kier alpha value is -3.57. The zero-order valence-corrected chi connectivity index (χ0v) is 16.3. The van der Waals surface area contributed by atoms with Crippen molar-refractivity contribution < 1.29 is 19.4 Å². The molecular formula is C23H18ClNO4. The summed E-state index contributed by atoms with van der Waals surface area (Å²) < 4.78 is 5.06. The number of ketones is 1. The second-order valence-corrected chi connectivity index (χ2v) is 6.61. The summed E-state index contributed by atoms with van der Waals surface area (Å²) in [6, 6.07) is 18.0. The van der Waals surface area contributed by atoms with Crippen LogP contribution in [-0.4, -0.2) is 23.9 Å². The summed E-state index contributed by atoms with van der Waals surface area (Å²) in [6.07, 6.45) is 3.05. The van der Waals surface area contributed by atoms with Crippen molar-refractivity contribution in [3.8, 4) is 11.5 Å². The number of halogens is 1. The molecule has 0 fully saturated rings. The maximum atomic E-state index is 12.5. The van der Waals surface area contributed by atoms with Crippen molar-refractivity contribution in [2.45, 2.75) is 0 Å². The third kappa shape index (κ3) is 5.24. The van der Waals surface area contributed by atoms with Gasteiger partial charge in [-0.1, -0.05) is 35.9 Å². The molecule has 0 aliphatic heterocycles. The number of anilines is 1. The van der Waals surface area contributed by atoms with E-state index >= 15 is 0 Å². The van der Waals surface area contributed by atoms with Crippen LogP contribution in [0.5, 0.6) is 11.5 Å². The molecular weight excluding hydrogens is 390 g/mol. The number of ether oxygens (including phenoxy) is 1. The molecule has 3 rings (SSSR count). The van der Waals surface area contributed by atoms with Gasteiger partial charge < -0.3 is 15.2 Å². The van der Waals surface area contributed by atoms with Gasteiger partial charge >= 0.3 is 0 Å². The number of carbonyl (C=O) groups is 2. The van der Waals surface area contributed by atoms with Gasteiger partial charge in [-0.3, -0.25) is 9.59 Å². The Bertz CT molecular complexity index is 1070. The maximum absolute atomic E-state index is 12.5. The maximum Gasteiger partial charge on any atom is 0.255 e. The number of benzene rings is 3. The largest absolute Gasteiger partial charge is 0.504 e. The predicted molar refractivity (Wildman–Crippen MR) is 114 cm³/mol. The number of nitrogens with one attached hydrogen (secondary N) is 1. The third-order valence-corrected chi connectivity index (χ3v) is 4.39. The van der Waals surface area contributed by atoms with Crippen molar-refractivity contribution in [3.05, 3.63) is 94.5 Å². The number of phenolic OH excluding ortho intramolecular Hbond substituents is 1. The van der Waals surface area contributed by atoms with Crippen molar-refractivity contribution in [2.75, 3.05) is 12.4 Å². The first-order valence-electron chi connectivity index (χ1n) is 8.72. The average Bonchev–Trinajstić information content (AvgIpc) is 2.73. The van der Waals surface area contributed by atoms with Crippen LogP contribution >= 0.6 is 11.6 Å². The predicted octanol–water partition coefficient (Wildman–Crippen LogP) is 5.20. The molecule has 3 aromatic rings. The summed E-state index contributed by atoms with van der Waals surface area (Å²) in [7, 11) is 1.46. The number of methoxy groups -OCH3 is 1. The fraction of sp³-hybridized carbons (Fsp3) is 0.0435. The van der Waals surface area contributed by atoms with E-state index < -0.39 is 0 Å². The molecule has 146 valence electrons. The van der Waals surface area contributed by atoms with Gasteiger partial charge in [-0.05, 0) is 60.2 Å². The highest BCUT2D eigenvalue weighted by atomic mass is 35.5. The van der Waals surface area contributed by atoms with E-state index in [4.69, 9.17) is 16.3 Å². The summed E-state index contributed by atoms with van der Waals surface area (Å²) in [5.74, 6) is -0.163. The molecule has 6 heteroatoms. The average molecular weight is 408 g/mol. The van der Waals surface area contributed by atoms with E-state index in [0.29, 0.717) is 33.1 Å².